The summed E-state index contributed by atoms with van der Waals surface area (Å²) in [4.78, 5) is 16.5. The summed E-state index contributed by atoms with van der Waals surface area (Å²) < 4.78 is 19.2. The van der Waals surface area contributed by atoms with Gasteiger partial charge in [-0.25, -0.2) is 14.4 Å². The van der Waals surface area contributed by atoms with Gasteiger partial charge in [-0.3, -0.25) is 10.1 Å². The van der Waals surface area contributed by atoms with Gasteiger partial charge in [0.25, 0.3) is 0 Å². The molecule has 0 atom stereocenters. The fourth-order valence-electron chi connectivity index (χ4n) is 4.06. The molecule has 6 aromatic rings. The van der Waals surface area contributed by atoms with Gasteiger partial charge in [0.05, 0.1) is 24.3 Å². The lowest BCUT2D eigenvalue weighted by Crippen LogP contribution is -1.86. The second-order valence-corrected chi connectivity index (χ2v) is 7.79. The van der Waals surface area contributed by atoms with Crippen LogP contribution in [0.3, 0.4) is 0 Å². The zero-order chi connectivity index (χ0) is 23.2. The van der Waals surface area contributed by atoms with Crippen LogP contribution in [-0.2, 0) is 0 Å². The lowest BCUT2D eigenvalue weighted by molar-refractivity contribution is 0.413. The Morgan fingerprint density at radius 3 is 2.74 bits per heavy atom. The van der Waals surface area contributed by atoms with Crippen molar-refractivity contribution in [2.45, 2.75) is 0 Å². The van der Waals surface area contributed by atoms with Gasteiger partial charge in [0.2, 0.25) is 0 Å². The van der Waals surface area contributed by atoms with Crippen molar-refractivity contribution in [3.8, 4) is 45.3 Å². The molecule has 0 aliphatic heterocycles. The maximum absolute atomic E-state index is 13.9. The Kier molecular flexibility index (Phi) is 4.48. The molecule has 2 aromatic carbocycles. The zero-order valence-corrected chi connectivity index (χ0v) is 17.9. The van der Waals surface area contributed by atoms with Crippen molar-refractivity contribution >= 4 is 22.1 Å². The fourth-order valence-corrected chi connectivity index (χ4v) is 4.06. The third kappa shape index (κ3) is 3.30. The molecule has 9 heteroatoms. The summed E-state index contributed by atoms with van der Waals surface area (Å²) in [5.41, 5.74) is 5.59. The number of phenolic OH excluding ortho intramolecular Hbond substituents is 1. The molecule has 0 radical (unpaired) electrons. The molecule has 3 N–H and O–H groups in total. The first-order valence-corrected chi connectivity index (χ1v) is 10.4. The molecule has 0 spiro atoms. The van der Waals surface area contributed by atoms with E-state index in [0.29, 0.717) is 39.6 Å². The molecule has 34 heavy (non-hydrogen) atoms. The standard InChI is InChI=1S/C25H17FN6O2/c1-34-18-8-15(11-27-12-18)13-2-3-21-20(9-13)23(32-31-21)25-29-22-19(4-5-28-24(22)30-25)14-6-16(26)10-17(33)7-14/h2-12,33H,1H3,(H,31,32)(H,28,29,30). The number of phenols is 1. The van der Waals surface area contributed by atoms with Crippen LogP contribution in [0.1, 0.15) is 0 Å². The van der Waals surface area contributed by atoms with Gasteiger partial charge < -0.3 is 14.8 Å². The second-order valence-electron chi connectivity index (χ2n) is 7.79. The van der Waals surface area contributed by atoms with Gasteiger partial charge in [0.15, 0.2) is 11.5 Å². The molecular weight excluding hydrogens is 435 g/mol. The Labute approximate surface area is 192 Å². The van der Waals surface area contributed by atoms with Crippen molar-refractivity contribution in [1.82, 2.24) is 30.1 Å². The van der Waals surface area contributed by atoms with E-state index >= 15 is 0 Å². The summed E-state index contributed by atoms with van der Waals surface area (Å²) in [6.45, 7) is 0. The number of methoxy groups -OCH3 is 1. The summed E-state index contributed by atoms with van der Waals surface area (Å²) in [5.74, 6) is 0.502. The van der Waals surface area contributed by atoms with E-state index in [9.17, 15) is 9.50 Å². The van der Waals surface area contributed by atoms with E-state index in [-0.39, 0.29) is 5.75 Å². The summed E-state index contributed by atoms with van der Waals surface area (Å²) in [7, 11) is 1.60. The van der Waals surface area contributed by atoms with Crippen LogP contribution in [0, 0.1) is 5.82 Å². The summed E-state index contributed by atoms with van der Waals surface area (Å²) in [5, 5.41) is 18.2. The first kappa shape index (κ1) is 19.9. The minimum Gasteiger partial charge on any atom is -0.508 e. The number of aromatic amines is 2. The Morgan fingerprint density at radius 1 is 0.971 bits per heavy atom. The number of hydrogen-bond donors (Lipinski definition) is 3. The molecule has 0 saturated heterocycles. The van der Waals surface area contributed by atoms with Crippen molar-refractivity contribution in [3.63, 3.8) is 0 Å². The number of imidazole rings is 1. The topological polar surface area (TPSA) is 113 Å². The lowest BCUT2D eigenvalue weighted by Gasteiger charge is -2.04. The molecule has 0 saturated carbocycles. The normalized spacial score (nSPS) is 11.4. The molecule has 0 aliphatic carbocycles. The van der Waals surface area contributed by atoms with Gasteiger partial charge >= 0.3 is 0 Å². The third-order valence-electron chi connectivity index (χ3n) is 5.65. The summed E-state index contributed by atoms with van der Waals surface area (Å²) >= 11 is 0. The quantitative estimate of drug-likeness (QED) is 0.344. The minimum atomic E-state index is -0.530. The highest BCUT2D eigenvalue weighted by molar-refractivity contribution is 5.97. The number of nitrogens with zero attached hydrogens (tertiary/aromatic N) is 4. The average molecular weight is 452 g/mol. The minimum absolute atomic E-state index is 0.155. The maximum atomic E-state index is 13.9. The van der Waals surface area contributed by atoms with Crippen LogP contribution >= 0.6 is 0 Å². The second kappa shape index (κ2) is 7.66. The van der Waals surface area contributed by atoms with Crippen LogP contribution in [-0.4, -0.2) is 42.3 Å². The number of aromatic nitrogens is 6. The summed E-state index contributed by atoms with van der Waals surface area (Å²) in [6, 6.07) is 13.5. The van der Waals surface area contributed by atoms with E-state index in [2.05, 4.69) is 30.1 Å². The number of benzene rings is 2. The lowest BCUT2D eigenvalue weighted by atomic mass is 10.0. The molecule has 0 unspecified atom stereocenters. The monoisotopic (exact) mass is 452 g/mol. The van der Waals surface area contributed by atoms with Gasteiger partial charge in [-0.2, -0.15) is 5.10 Å². The molecule has 4 heterocycles. The predicted octanol–water partition coefficient (Wildman–Crippen LogP) is 5.08. The molecule has 4 aromatic heterocycles. The van der Waals surface area contributed by atoms with E-state index in [1.807, 2.05) is 24.3 Å². The van der Waals surface area contributed by atoms with E-state index < -0.39 is 5.82 Å². The van der Waals surface area contributed by atoms with Gasteiger partial charge in [-0.15, -0.1) is 0 Å². The molecule has 8 nitrogen and oxygen atoms in total. The Morgan fingerprint density at radius 2 is 1.88 bits per heavy atom. The van der Waals surface area contributed by atoms with Gasteiger partial charge in [-0.1, -0.05) is 6.07 Å². The van der Waals surface area contributed by atoms with Crippen molar-refractivity contribution in [2.75, 3.05) is 7.11 Å². The van der Waals surface area contributed by atoms with Crippen LogP contribution in [0.4, 0.5) is 4.39 Å². The van der Waals surface area contributed by atoms with E-state index in [1.165, 1.54) is 12.1 Å². The largest absolute Gasteiger partial charge is 0.508 e. The number of pyridine rings is 2. The van der Waals surface area contributed by atoms with Crippen LogP contribution in [0.25, 0.3) is 55.8 Å². The third-order valence-corrected chi connectivity index (χ3v) is 5.65. The van der Waals surface area contributed by atoms with Crippen molar-refractivity contribution < 1.29 is 14.2 Å². The SMILES string of the molecule is COc1cncc(-c2ccc3[nH]nc(-c4nc5nccc(-c6cc(O)cc(F)c6)c5[nH]4)c3c2)c1. The Hall–Kier alpha value is -4.79. The smallest absolute Gasteiger partial charge is 0.178 e. The van der Waals surface area contributed by atoms with Gasteiger partial charge in [0.1, 0.15) is 23.0 Å². The number of H-pyrrole nitrogens is 2. The number of rotatable bonds is 4. The van der Waals surface area contributed by atoms with E-state index in [4.69, 9.17) is 4.74 Å². The fraction of sp³-hybridized carbons (Fsp3) is 0.0400. The number of halogens is 1. The number of aromatic hydroxyl groups is 1. The van der Waals surface area contributed by atoms with Crippen LogP contribution < -0.4 is 4.74 Å². The predicted molar refractivity (Wildman–Crippen MR) is 126 cm³/mol. The van der Waals surface area contributed by atoms with Gasteiger partial charge in [-0.05, 0) is 47.5 Å². The molecule has 0 fully saturated rings. The maximum Gasteiger partial charge on any atom is 0.178 e. The van der Waals surface area contributed by atoms with Gasteiger partial charge in [0, 0.05) is 35.0 Å². The highest BCUT2D eigenvalue weighted by Gasteiger charge is 2.17. The summed E-state index contributed by atoms with van der Waals surface area (Å²) in [6.07, 6.45) is 5.03. The Bertz CT molecular complexity index is 1670. The van der Waals surface area contributed by atoms with Crippen LogP contribution in [0.15, 0.2) is 67.1 Å². The van der Waals surface area contributed by atoms with Crippen molar-refractivity contribution in [3.05, 3.63) is 72.9 Å². The molecule has 166 valence electrons. The van der Waals surface area contributed by atoms with E-state index in [0.717, 1.165) is 28.1 Å². The highest BCUT2D eigenvalue weighted by atomic mass is 19.1. The molecule has 0 amide bonds. The number of nitrogens with one attached hydrogen (secondary N) is 2. The first-order chi connectivity index (χ1) is 16.6. The number of hydrogen-bond acceptors (Lipinski definition) is 6. The number of fused-ring (bicyclic) bond motifs is 2. The molecule has 6 rings (SSSR count). The van der Waals surface area contributed by atoms with Crippen molar-refractivity contribution in [1.29, 1.82) is 0 Å². The zero-order valence-electron chi connectivity index (χ0n) is 17.9. The first-order valence-electron chi connectivity index (χ1n) is 10.4. The van der Waals surface area contributed by atoms with Crippen LogP contribution in [0.5, 0.6) is 11.5 Å². The van der Waals surface area contributed by atoms with E-state index in [1.54, 1.807) is 31.8 Å². The molecule has 0 bridgehead atoms. The molecule has 0 aliphatic rings. The average Bonchev–Trinajstić information content (AvgIpc) is 3.46. The van der Waals surface area contributed by atoms with Crippen LogP contribution in [0.2, 0.25) is 0 Å². The molecular formula is C25H17FN6O2. The van der Waals surface area contributed by atoms with Crippen molar-refractivity contribution in [2.24, 2.45) is 0 Å². The highest BCUT2D eigenvalue weighted by Crippen LogP contribution is 2.34. The number of ether oxygens (including phenoxy) is 1. The Balaban J connectivity index is 1.49.